The van der Waals surface area contributed by atoms with E-state index in [-0.39, 0.29) is 11.8 Å². The van der Waals surface area contributed by atoms with Crippen molar-refractivity contribution in [2.45, 2.75) is 13.5 Å². The van der Waals surface area contributed by atoms with E-state index in [1.54, 1.807) is 30.3 Å². The molecule has 0 unspecified atom stereocenters. The van der Waals surface area contributed by atoms with Gasteiger partial charge in [0.2, 0.25) is 5.89 Å². The molecular formula is C23H24FN3O3. The van der Waals surface area contributed by atoms with E-state index < -0.39 is 0 Å². The van der Waals surface area contributed by atoms with Crippen molar-refractivity contribution < 1.29 is 18.3 Å². The number of methoxy groups -OCH3 is 1. The summed E-state index contributed by atoms with van der Waals surface area (Å²) < 4.78 is 24.6. The molecule has 4 rings (SSSR count). The average molecular weight is 409 g/mol. The number of aryl methyl sites for hydroxylation is 1. The molecule has 2 heterocycles. The van der Waals surface area contributed by atoms with Gasteiger partial charge in [0.1, 0.15) is 11.6 Å². The van der Waals surface area contributed by atoms with Gasteiger partial charge in [-0.25, -0.2) is 14.2 Å². The van der Waals surface area contributed by atoms with E-state index in [9.17, 15) is 9.18 Å². The molecule has 0 saturated carbocycles. The van der Waals surface area contributed by atoms with E-state index in [0.29, 0.717) is 23.7 Å². The van der Waals surface area contributed by atoms with E-state index >= 15 is 0 Å². The quantitative estimate of drug-likeness (QED) is 0.596. The van der Waals surface area contributed by atoms with Gasteiger partial charge in [0, 0.05) is 38.3 Å². The molecule has 156 valence electrons. The number of piperazine rings is 1. The van der Waals surface area contributed by atoms with E-state index in [1.807, 2.05) is 19.1 Å². The molecular weight excluding hydrogens is 385 g/mol. The van der Waals surface area contributed by atoms with Gasteiger partial charge in [-0.1, -0.05) is 12.1 Å². The molecule has 0 atom stereocenters. The Balaban J connectivity index is 1.40. The highest BCUT2D eigenvalue weighted by Crippen LogP contribution is 2.25. The van der Waals surface area contributed by atoms with Crippen LogP contribution in [0.5, 0.6) is 0 Å². The van der Waals surface area contributed by atoms with Crippen LogP contribution in [0, 0.1) is 12.7 Å². The Morgan fingerprint density at radius 3 is 2.47 bits per heavy atom. The zero-order valence-electron chi connectivity index (χ0n) is 17.1. The summed E-state index contributed by atoms with van der Waals surface area (Å²) in [7, 11) is 1.36. The number of carbonyl (C=O) groups is 1. The Bertz CT molecular complexity index is 1020. The summed E-state index contributed by atoms with van der Waals surface area (Å²) in [4.78, 5) is 20.6. The Morgan fingerprint density at radius 1 is 1.10 bits per heavy atom. The minimum absolute atomic E-state index is 0.179. The van der Waals surface area contributed by atoms with Crippen LogP contribution in [0.15, 0.2) is 52.9 Å². The van der Waals surface area contributed by atoms with Crippen LogP contribution in [-0.4, -0.2) is 49.1 Å². The van der Waals surface area contributed by atoms with Gasteiger partial charge >= 0.3 is 5.97 Å². The summed E-state index contributed by atoms with van der Waals surface area (Å²) in [5, 5.41) is 0. The van der Waals surface area contributed by atoms with Crippen molar-refractivity contribution in [3.05, 3.63) is 71.4 Å². The van der Waals surface area contributed by atoms with Crippen LogP contribution in [0.1, 0.15) is 21.8 Å². The fourth-order valence-electron chi connectivity index (χ4n) is 3.63. The van der Waals surface area contributed by atoms with Gasteiger partial charge < -0.3 is 14.1 Å². The molecule has 0 N–H and O–H groups in total. The van der Waals surface area contributed by atoms with Crippen LogP contribution in [0.3, 0.4) is 0 Å². The number of benzene rings is 2. The first-order valence-corrected chi connectivity index (χ1v) is 9.92. The Labute approximate surface area is 174 Å². The van der Waals surface area contributed by atoms with Gasteiger partial charge in [-0.2, -0.15) is 0 Å². The van der Waals surface area contributed by atoms with Crippen molar-refractivity contribution >= 4 is 11.7 Å². The number of para-hydroxylation sites is 1. The molecule has 6 nitrogen and oxygen atoms in total. The predicted octanol–water partition coefficient (Wildman–Crippen LogP) is 3.90. The summed E-state index contributed by atoms with van der Waals surface area (Å²) in [5.41, 5.74) is 2.84. The summed E-state index contributed by atoms with van der Waals surface area (Å²) in [6, 6.07) is 13.9. The molecule has 1 aromatic heterocycles. The van der Waals surface area contributed by atoms with Crippen LogP contribution in [0.2, 0.25) is 0 Å². The maximum atomic E-state index is 14.0. The third-order valence-corrected chi connectivity index (χ3v) is 5.38. The van der Waals surface area contributed by atoms with Crippen molar-refractivity contribution in [1.29, 1.82) is 0 Å². The van der Waals surface area contributed by atoms with Crippen molar-refractivity contribution in [3.8, 4) is 11.5 Å². The van der Waals surface area contributed by atoms with Crippen LogP contribution in [0.4, 0.5) is 10.1 Å². The third-order valence-electron chi connectivity index (χ3n) is 5.38. The van der Waals surface area contributed by atoms with Crippen molar-refractivity contribution in [2.75, 3.05) is 38.2 Å². The first kappa shape index (κ1) is 20.1. The number of oxazole rings is 1. The van der Waals surface area contributed by atoms with Gasteiger partial charge in [0.15, 0.2) is 0 Å². The number of esters is 1. The minimum atomic E-state index is -0.375. The second kappa shape index (κ2) is 8.67. The van der Waals surface area contributed by atoms with E-state index in [4.69, 9.17) is 9.15 Å². The van der Waals surface area contributed by atoms with E-state index in [0.717, 1.165) is 43.2 Å². The highest BCUT2D eigenvalue weighted by molar-refractivity contribution is 5.89. The number of ether oxygens (including phenoxy) is 1. The Morgan fingerprint density at radius 2 is 1.80 bits per heavy atom. The molecule has 30 heavy (non-hydrogen) atoms. The van der Waals surface area contributed by atoms with Crippen molar-refractivity contribution in [1.82, 2.24) is 9.88 Å². The molecule has 1 aliphatic rings. The first-order chi connectivity index (χ1) is 14.5. The van der Waals surface area contributed by atoms with E-state index in [2.05, 4.69) is 14.8 Å². The maximum absolute atomic E-state index is 14.0. The van der Waals surface area contributed by atoms with Crippen molar-refractivity contribution in [2.24, 2.45) is 0 Å². The first-order valence-electron chi connectivity index (χ1n) is 9.92. The topological polar surface area (TPSA) is 58.8 Å². The second-order valence-electron chi connectivity index (χ2n) is 7.31. The Hall–Kier alpha value is -3.19. The third kappa shape index (κ3) is 4.21. The highest BCUT2D eigenvalue weighted by atomic mass is 19.1. The lowest BCUT2D eigenvalue weighted by molar-refractivity contribution is 0.0600. The summed E-state index contributed by atoms with van der Waals surface area (Å²) >= 11 is 0. The molecule has 7 heteroatoms. The molecule has 1 saturated heterocycles. The zero-order valence-corrected chi connectivity index (χ0v) is 17.1. The second-order valence-corrected chi connectivity index (χ2v) is 7.31. The average Bonchev–Trinajstić information content (AvgIpc) is 3.14. The summed E-state index contributed by atoms with van der Waals surface area (Å²) in [6.07, 6.45) is 0. The molecule has 0 spiro atoms. The number of carbonyl (C=O) groups excluding carboxylic acids is 1. The monoisotopic (exact) mass is 409 g/mol. The largest absolute Gasteiger partial charge is 0.465 e. The molecule has 0 amide bonds. The molecule has 0 bridgehead atoms. The minimum Gasteiger partial charge on any atom is -0.465 e. The normalized spacial score (nSPS) is 14.7. The van der Waals surface area contributed by atoms with Gasteiger partial charge in [0.25, 0.3) is 0 Å². The highest BCUT2D eigenvalue weighted by Gasteiger charge is 2.21. The maximum Gasteiger partial charge on any atom is 0.337 e. The number of halogens is 1. The smallest absolute Gasteiger partial charge is 0.337 e. The fourth-order valence-corrected chi connectivity index (χ4v) is 3.63. The zero-order chi connectivity index (χ0) is 21.1. The molecule has 2 aromatic carbocycles. The molecule has 1 fully saturated rings. The van der Waals surface area contributed by atoms with Crippen LogP contribution < -0.4 is 4.90 Å². The van der Waals surface area contributed by atoms with Crippen molar-refractivity contribution in [3.63, 3.8) is 0 Å². The molecule has 1 aliphatic heterocycles. The van der Waals surface area contributed by atoms with Crippen LogP contribution >= 0.6 is 0 Å². The lowest BCUT2D eigenvalue weighted by Gasteiger charge is -2.35. The number of hydrogen-bond donors (Lipinski definition) is 0. The standard InChI is InChI=1S/C23H24FN3O3/c1-16-20(25-22(30-16)17-7-9-18(10-8-17)23(28)29-2)15-26-11-13-27(14-12-26)21-6-4-3-5-19(21)24/h3-10H,11-15H2,1-2H3. The van der Waals surface area contributed by atoms with Gasteiger partial charge in [0.05, 0.1) is 24.1 Å². The number of hydrogen-bond acceptors (Lipinski definition) is 6. The predicted molar refractivity (Wildman–Crippen MR) is 112 cm³/mol. The van der Waals surface area contributed by atoms with Gasteiger partial charge in [-0.15, -0.1) is 0 Å². The lowest BCUT2D eigenvalue weighted by atomic mass is 10.1. The van der Waals surface area contributed by atoms with Crippen LogP contribution in [0.25, 0.3) is 11.5 Å². The lowest BCUT2D eigenvalue weighted by Crippen LogP contribution is -2.46. The summed E-state index contributed by atoms with van der Waals surface area (Å²) in [5.74, 6) is 0.754. The molecule has 0 radical (unpaired) electrons. The molecule has 0 aliphatic carbocycles. The molecule has 3 aromatic rings. The SMILES string of the molecule is COC(=O)c1ccc(-c2nc(CN3CCN(c4ccccc4F)CC3)c(C)o2)cc1. The van der Waals surface area contributed by atoms with Gasteiger partial charge in [-0.3, -0.25) is 4.90 Å². The van der Waals surface area contributed by atoms with E-state index in [1.165, 1.54) is 13.2 Å². The fraction of sp³-hybridized carbons (Fsp3) is 0.304. The number of rotatable bonds is 5. The number of nitrogens with zero attached hydrogens (tertiary/aromatic N) is 3. The summed E-state index contributed by atoms with van der Waals surface area (Å²) in [6.45, 7) is 5.76. The Kier molecular flexibility index (Phi) is 5.81. The number of aromatic nitrogens is 1. The van der Waals surface area contributed by atoms with Crippen LogP contribution in [-0.2, 0) is 11.3 Å². The van der Waals surface area contributed by atoms with Gasteiger partial charge in [-0.05, 0) is 43.3 Å². The number of anilines is 1.